The SMILES string of the molecule is COc1c(C)cnc(CN2N=C3CC(N[C@H]4CCN(C)C4=O)C4=C3C(=N2)C(N)=NSC4)c1C. The van der Waals surface area contributed by atoms with Crippen molar-refractivity contribution in [3.05, 3.63) is 34.2 Å². The molecule has 3 N–H and O–H groups in total. The van der Waals surface area contributed by atoms with Crippen LogP contribution in [0.1, 0.15) is 29.7 Å². The summed E-state index contributed by atoms with van der Waals surface area (Å²) in [5, 5.41) is 14.8. The second-order valence-electron chi connectivity index (χ2n) is 8.75. The number of hydrogen-bond donors (Lipinski definition) is 2. The molecule has 1 unspecified atom stereocenters. The van der Waals surface area contributed by atoms with E-state index in [0.717, 1.165) is 52.4 Å². The molecule has 1 aliphatic carbocycles. The number of amides is 1. The number of carbonyl (C=O) groups is 1. The van der Waals surface area contributed by atoms with Crippen LogP contribution in [0, 0.1) is 13.8 Å². The molecule has 2 atom stereocenters. The number of nitrogens with zero attached hydrogens (tertiary/aromatic N) is 6. The molecule has 4 aliphatic rings. The molecule has 1 aromatic heterocycles. The largest absolute Gasteiger partial charge is 0.496 e. The molecule has 1 fully saturated rings. The van der Waals surface area contributed by atoms with Crippen LogP contribution in [0.15, 0.2) is 31.9 Å². The number of nitrogens with two attached hydrogens (primary N) is 1. The quantitative estimate of drug-likeness (QED) is 0.622. The van der Waals surface area contributed by atoms with E-state index in [2.05, 4.69) is 14.7 Å². The Labute approximate surface area is 197 Å². The van der Waals surface area contributed by atoms with Crippen LogP contribution < -0.4 is 15.8 Å². The minimum absolute atomic E-state index is 0.0114. The number of hydrazone groups is 2. The Hall–Kier alpha value is -2.92. The van der Waals surface area contributed by atoms with E-state index in [1.807, 2.05) is 20.9 Å². The van der Waals surface area contributed by atoms with E-state index in [0.29, 0.717) is 30.3 Å². The van der Waals surface area contributed by atoms with Gasteiger partial charge in [0.15, 0.2) is 5.84 Å². The molecule has 33 heavy (non-hydrogen) atoms. The van der Waals surface area contributed by atoms with Crippen molar-refractivity contribution in [1.29, 1.82) is 0 Å². The average Bonchev–Trinajstić information content (AvgIpc) is 3.23. The van der Waals surface area contributed by atoms with Gasteiger partial charge in [-0.25, -0.2) is 0 Å². The summed E-state index contributed by atoms with van der Waals surface area (Å²) >= 11 is 1.41. The number of likely N-dealkylation sites (N-methyl/N-ethyl adjacent to an activating group) is 1. The lowest BCUT2D eigenvalue weighted by atomic mass is 10.0. The highest BCUT2D eigenvalue weighted by Gasteiger charge is 2.41. The van der Waals surface area contributed by atoms with Crippen molar-refractivity contribution < 1.29 is 9.53 Å². The molecular formula is C22H28N8O2S. The zero-order chi connectivity index (χ0) is 23.3. The lowest BCUT2D eigenvalue weighted by molar-refractivity contribution is -0.128. The topological polar surface area (TPSA) is 121 Å². The van der Waals surface area contributed by atoms with E-state index in [9.17, 15) is 4.79 Å². The predicted molar refractivity (Wildman–Crippen MR) is 129 cm³/mol. The van der Waals surface area contributed by atoms with Crippen LogP contribution >= 0.6 is 11.9 Å². The summed E-state index contributed by atoms with van der Waals surface area (Å²) in [4.78, 5) is 18.8. The average molecular weight is 469 g/mol. The van der Waals surface area contributed by atoms with Gasteiger partial charge in [-0.3, -0.25) is 15.1 Å². The van der Waals surface area contributed by atoms with E-state index < -0.39 is 0 Å². The third kappa shape index (κ3) is 3.78. The lowest BCUT2D eigenvalue weighted by Gasteiger charge is -2.23. The maximum atomic E-state index is 12.5. The number of aryl methyl sites for hydroxylation is 1. The number of amidine groups is 1. The van der Waals surface area contributed by atoms with E-state index in [4.69, 9.17) is 20.7 Å². The number of rotatable bonds is 5. The van der Waals surface area contributed by atoms with Gasteiger partial charge in [0.05, 0.1) is 24.6 Å². The molecule has 0 spiro atoms. The summed E-state index contributed by atoms with van der Waals surface area (Å²) in [5.41, 5.74) is 12.8. The molecule has 0 bridgehead atoms. The van der Waals surface area contributed by atoms with Gasteiger partial charge in [-0.05, 0) is 37.8 Å². The number of methoxy groups -OCH3 is 1. The van der Waals surface area contributed by atoms with Gasteiger partial charge in [0.1, 0.15) is 18.0 Å². The van der Waals surface area contributed by atoms with Crippen molar-refractivity contribution in [1.82, 2.24) is 20.3 Å². The van der Waals surface area contributed by atoms with E-state index in [1.54, 1.807) is 23.3 Å². The molecule has 5 rings (SSSR count). The Morgan fingerprint density at radius 2 is 2.12 bits per heavy atom. The summed E-state index contributed by atoms with van der Waals surface area (Å²) in [6.07, 6.45) is 3.29. The first-order valence-electron chi connectivity index (χ1n) is 11.0. The minimum atomic E-state index is -0.177. The summed E-state index contributed by atoms with van der Waals surface area (Å²) in [5.74, 6) is 2.05. The molecule has 3 aliphatic heterocycles. The third-order valence-corrected chi connectivity index (χ3v) is 7.38. The molecule has 0 saturated carbocycles. The number of ether oxygens (including phenoxy) is 1. The first kappa shape index (κ1) is 21.9. The van der Waals surface area contributed by atoms with Crippen LogP contribution in [0.2, 0.25) is 0 Å². The van der Waals surface area contributed by atoms with Crippen molar-refractivity contribution in [3.8, 4) is 5.75 Å². The molecule has 4 heterocycles. The number of nitrogens with one attached hydrogen (secondary N) is 1. The molecule has 0 radical (unpaired) electrons. The monoisotopic (exact) mass is 468 g/mol. The van der Waals surface area contributed by atoms with Crippen LogP contribution in [0.5, 0.6) is 5.75 Å². The summed E-state index contributed by atoms with van der Waals surface area (Å²) < 4.78 is 9.99. The molecule has 1 aromatic rings. The molecule has 1 saturated heterocycles. The van der Waals surface area contributed by atoms with Gasteiger partial charge in [0, 0.05) is 54.7 Å². The van der Waals surface area contributed by atoms with Crippen LogP contribution in [0.25, 0.3) is 0 Å². The van der Waals surface area contributed by atoms with Crippen molar-refractivity contribution in [3.63, 3.8) is 0 Å². The van der Waals surface area contributed by atoms with E-state index >= 15 is 0 Å². The first-order valence-corrected chi connectivity index (χ1v) is 11.9. The van der Waals surface area contributed by atoms with Gasteiger partial charge < -0.3 is 15.4 Å². The number of carbonyl (C=O) groups excluding carboxylic acids is 1. The van der Waals surface area contributed by atoms with Gasteiger partial charge in [0.2, 0.25) is 5.91 Å². The van der Waals surface area contributed by atoms with Gasteiger partial charge in [-0.2, -0.15) is 19.7 Å². The fraction of sp³-hybridized carbons (Fsp3) is 0.500. The van der Waals surface area contributed by atoms with Gasteiger partial charge in [-0.1, -0.05) is 0 Å². The maximum Gasteiger partial charge on any atom is 0.239 e. The Morgan fingerprint density at radius 3 is 2.85 bits per heavy atom. The second-order valence-corrected chi connectivity index (χ2v) is 9.48. The molecule has 1 amide bonds. The molecule has 10 nitrogen and oxygen atoms in total. The van der Waals surface area contributed by atoms with Crippen LogP contribution in [0.3, 0.4) is 0 Å². The Morgan fingerprint density at radius 1 is 1.30 bits per heavy atom. The summed E-state index contributed by atoms with van der Waals surface area (Å²) in [7, 11) is 3.51. The highest BCUT2D eigenvalue weighted by atomic mass is 32.2. The van der Waals surface area contributed by atoms with Gasteiger partial charge >= 0.3 is 0 Å². The summed E-state index contributed by atoms with van der Waals surface area (Å²) in [6, 6.07) is -0.166. The van der Waals surface area contributed by atoms with Crippen LogP contribution in [-0.4, -0.2) is 76.7 Å². The normalized spacial score (nSPS) is 24.5. The Bertz CT molecular complexity index is 1140. The van der Waals surface area contributed by atoms with E-state index in [1.165, 1.54) is 11.9 Å². The van der Waals surface area contributed by atoms with Crippen molar-refractivity contribution >= 4 is 35.1 Å². The number of aromatic nitrogens is 1. The highest BCUT2D eigenvalue weighted by Crippen LogP contribution is 2.35. The Balaban J connectivity index is 1.46. The lowest BCUT2D eigenvalue weighted by Crippen LogP contribution is -2.43. The second kappa shape index (κ2) is 8.45. The molecule has 0 aromatic carbocycles. The maximum absolute atomic E-state index is 12.5. The number of pyridine rings is 1. The zero-order valence-electron chi connectivity index (χ0n) is 19.3. The van der Waals surface area contributed by atoms with Crippen molar-refractivity contribution in [2.45, 2.75) is 45.3 Å². The Kier molecular flexibility index (Phi) is 5.61. The van der Waals surface area contributed by atoms with Crippen LogP contribution in [-0.2, 0) is 11.3 Å². The zero-order valence-corrected chi connectivity index (χ0v) is 20.1. The number of likely N-dealkylation sites (tertiary alicyclic amines) is 1. The fourth-order valence-electron chi connectivity index (χ4n) is 4.87. The summed E-state index contributed by atoms with van der Waals surface area (Å²) in [6.45, 7) is 5.13. The van der Waals surface area contributed by atoms with Crippen molar-refractivity contribution in [2.24, 2.45) is 20.3 Å². The highest BCUT2D eigenvalue weighted by molar-refractivity contribution is 7.98. The molecule has 174 valence electrons. The smallest absolute Gasteiger partial charge is 0.239 e. The standard InChI is InChI=1S/C22H28N8O2S/c1-11-8-24-17(12(2)20(11)32-4)9-30-26-16-7-15(25-14-5-6-29(3)22(14)31)13-10-33-28-21(23)19(27-30)18(13)16/h8,14-15,25H,5-7,9-10H2,1-4H3,(H2,23,28)/t14-,15?/m0/s1. The molecular weight excluding hydrogens is 440 g/mol. The molecule has 11 heteroatoms. The van der Waals surface area contributed by atoms with Crippen LogP contribution in [0.4, 0.5) is 0 Å². The fourth-order valence-corrected chi connectivity index (χ4v) is 5.64. The van der Waals surface area contributed by atoms with Gasteiger partial charge in [-0.15, -0.1) is 0 Å². The predicted octanol–water partition coefficient (Wildman–Crippen LogP) is 1.14. The van der Waals surface area contributed by atoms with Crippen molar-refractivity contribution in [2.75, 3.05) is 26.5 Å². The minimum Gasteiger partial charge on any atom is -0.496 e. The number of hydrogen-bond acceptors (Lipinski definition) is 10. The third-order valence-electron chi connectivity index (χ3n) is 6.61. The van der Waals surface area contributed by atoms with E-state index in [-0.39, 0.29) is 18.0 Å². The first-order chi connectivity index (χ1) is 15.9. The van der Waals surface area contributed by atoms with Gasteiger partial charge in [0.25, 0.3) is 0 Å².